The monoisotopic (exact) mass is 298 g/mol. The number of amides is 2. The van der Waals surface area contributed by atoms with Gasteiger partial charge in [0.15, 0.2) is 0 Å². The molecule has 6 heteroatoms. The Balaban J connectivity index is 2.31. The third kappa shape index (κ3) is 6.06. The second-order valence-electron chi connectivity index (χ2n) is 4.99. The molecule has 1 unspecified atom stereocenters. The summed E-state index contributed by atoms with van der Waals surface area (Å²) in [7, 11) is 1.68. The minimum absolute atomic E-state index is 0.0578. The number of carboxylic acids is 1. The van der Waals surface area contributed by atoms with Crippen LogP contribution < -0.4 is 5.32 Å². The van der Waals surface area contributed by atoms with Crippen LogP contribution in [0, 0.1) is 6.92 Å². The van der Waals surface area contributed by atoms with Crippen LogP contribution in [0.1, 0.15) is 29.5 Å². The van der Waals surface area contributed by atoms with Gasteiger partial charge in [0.25, 0.3) is 0 Å². The molecule has 1 atom stereocenters. The molecule has 0 aliphatic rings. The Kier molecular flexibility index (Phi) is 6.51. The van der Waals surface area contributed by atoms with Crippen LogP contribution in [-0.4, -0.2) is 41.6 Å². The van der Waals surface area contributed by atoms with Crippen molar-refractivity contribution in [2.24, 2.45) is 0 Å². The molecular formula is C14H22N2O3S. The maximum atomic E-state index is 11.9. The summed E-state index contributed by atoms with van der Waals surface area (Å²) in [6.45, 7) is 4.48. The van der Waals surface area contributed by atoms with Crippen molar-refractivity contribution in [3.05, 3.63) is 21.9 Å². The number of aliphatic carboxylic acids is 1. The zero-order valence-corrected chi connectivity index (χ0v) is 13.0. The normalized spacial score (nSPS) is 11.9. The Labute approximate surface area is 123 Å². The van der Waals surface area contributed by atoms with Crippen LogP contribution in [0.5, 0.6) is 0 Å². The number of hydrogen-bond donors (Lipinski definition) is 2. The lowest BCUT2D eigenvalue weighted by molar-refractivity contribution is -0.137. The van der Waals surface area contributed by atoms with Crippen molar-refractivity contribution >= 4 is 23.3 Å². The lowest BCUT2D eigenvalue weighted by Crippen LogP contribution is -2.43. The van der Waals surface area contributed by atoms with Crippen molar-refractivity contribution in [3.63, 3.8) is 0 Å². The first-order chi connectivity index (χ1) is 9.38. The number of carboxylic acid groups (broad SMARTS) is 1. The summed E-state index contributed by atoms with van der Waals surface area (Å²) in [4.78, 5) is 26.4. The molecule has 2 N–H and O–H groups in total. The van der Waals surface area contributed by atoms with E-state index in [1.807, 2.05) is 6.92 Å². The van der Waals surface area contributed by atoms with Crippen LogP contribution in [0.3, 0.4) is 0 Å². The number of nitrogens with one attached hydrogen (secondary N) is 1. The molecule has 1 rings (SSSR count). The highest BCUT2D eigenvalue weighted by Crippen LogP contribution is 2.16. The van der Waals surface area contributed by atoms with Gasteiger partial charge in [0.1, 0.15) is 0 Å². The topological polar surface area (TPSA) is 69.6 Å². The molecule has 0 aromatic carbocycles. The zero-order chi connectivity index (χ0) is 15.1. The van der Waals surface area contributed by atoms with Gasteiger partial charge in [-0.2, -0.15) is 0 Å². The highest BCUT2D eigenvalue weighted by atomic mass is 32.1. The van der Waals surface area contributed by atoms with E-state index >= 15 is 0 Å². The van der Waals surface area contributed by atoms with Gasteiger partial charge in [-0.15, -0.1) is 11.3 Å². The number of hydrogen-bond acceptors (Lipinski definition) is 3. The van der Waals surface area contributed by atoms with E-state index in [1.54, 1.807) is 18.4 Å². The van der Waals surface area contributed by atoms with Gasteiger partial charge >= 0.3 is 12.0 Å². The van der Waals surface area contributed by atoms with Crippen molar-refractivity contribution in [1.29, 1.82) is 0 Å². The Morgan fingerprint density at radius 1 is 1.45 bits per heavy atom. The van der Waals surface area contributed by atoms with Crippen LogP contribution >= 0.6 is 11.3 Å². The van der Waals surface area contributed by atoms with Gasteiger partial charge in [-0.1, -0.05) is 0 Å². The Morgan fingerprint density at radius 2 is 2.15 bits per heavy atom. The third-order valence-corrected chi connectivity index (χ3v) is 3.93. The minimum atomic E-state index is -0.833. The molecule has 5 nitrogen and oxygen atoms in total. The first kappa shape index (κ1) is 16.5. The van der Waals surface area contributed by atoms with Gasteiger partial charge in [0, 0.05) is 42.2 Å². The molecule has 0 fully saturated rings. The fourth-order valence-corrected chi connectivity index (χ4v) is 2.86. The van der Waals surface area contributed by atoms with E-state index < -0.39 is 5.97 Å². The maximum Gasteiger partial charge on any atom is 0.317 e. The average molecular weight is 298 g/mol. The van der Waals surface area contributed by atoms with E-state index in [0.29, 0.717) is 13.0 Å². The second kappa shape index (κ2) is 7.89. The standard InChI is InChI=1S/C14H22N2O3S/c1-10(9-12-7-6-11(2)20-12)15-14(19)16(3)8-4-5-13(17)18/h6-7,10H,4-5,8-9H2,1-3H3,(H,15,19)(H,17,18). The summed E-state index contributed by atoms with van der Waals surface area (Å²) in [5.41, 5.74) is 0. The SMILES string of the molecule is Cc1ccc(CC(C)NC(=O)N(C)CCCC(=O)O)s1. The van der Waals surface area contributed by atoms with Crippen LogP contribution in [0.4, 0.5) is 4.79 Å². The summed E-state index contributed by atoms with van der Waals surface area (Å²) in [6, 6.07) is 4.06. The van der Waals surface area contributed by atoms with Crippen LogP contribution in [0.15, 0.2) is 12.1 Å². The van der Waals surface area contributed by atoms with Crippen molar-refractivity contribution < 1.29 is 14.7 Å². The van der Waals surface area contributed by atoms with E-state index in [2.05, 4.69) is 24.4 Å². The van der Waals surface area contributed by atoms with Crippen molar-refractivity contribution in [3.8, 4) is 0 Å². The summed E-state index contributed by atoms with van der Waals surface area (Å²) < 4.78 is 0. The van der Waals surface area contributed by atoms with E-state index in [0.717, 1.165) is 6.42 Å². The Hall–Kier alpha value is -1.56. The molecule has 0 saturated carbocycles. The molecule has 112 valence electrons. The van der Waals surface area contributed by atoms with E-state index in [1.165, 1.54) is 14.7 Å². The number of nitrogens with zero attached hydrogens (tertiary/aromatic N) is 1. The quantitative estimate of drug-likeness (QED) is 0.812. The van der Waals surface area contributed by atoms with Crippen molar-refractivity contribution in [2.75, 3.05) is 13.6 Å². The largest absolute Gasteiger partial charge is 0.481 e. The Morgan fingerprint density at radius 3 is 2.70 bits per heavy atom. The number of aryl methyl sites for hydroxylation is 1. The number of carbonyl (C=O) groups excluding carboxylic acids is 1. The summed E-state index contributed by atoms with van der Waals surface area (Å²) >= 11 is 1.74. The molecule has 2 amide bonds. The summed E-state index contributed by atoms with van der Waals surface area (Å²) in [5, 5.41) is 11.5. The first-order valence-corrected chi connectivity index (χ1v) is 7.49. The third-order valence-electron chi connectivity index (χ3n) is 2.90. The maximum absolute atomic E-state index is 11.9. The number of urea groups is 1. The smallest absolute Gasteiger partial charge is 0.317 e. The average Bonchev–Trinajstić information content (AvgIpc) is 2.73. The molecule has 0 bridgehead atoms. The molecule has 20 heavy (non-hydrogen) atoms. The van der Waals surface area contributed by atoms with Gasteiger partial charge < -0.3 is 15.3 Å². The Bertz CT molecular complexity index is 459. The van der Waals surface area contributed by atoms with E-state index in [4.69, 9.17) is 5.11 Å². The van der Waals surface area contributed by atoms with E-state index in [-0.39, 0.29) is 18.5 Å². The highest BCUT2D eigenvalue weighted by Gasteiger charge is 2.13. The number of carbonyl (C=O) groups is 2. The van der Waals surface area contributed by atoms with Gasteiger partial charge in [-0.25, -0.2) is 4.79 Å². The second-order valence-corrected chi connectivity index (χ2v) is 6.36. The molecular weight excluding hydrogens is 276 g/mol. The van der Waals surface area contributed by atoms with Crippen LogP contribution in [-0.2, 0) is 11.2 Å². The van der Waals surface area contributed by atoms with Crippen molar-refractivity contribution in [1.82, 2.24) is 10.2 Å². The molecule has 0 radical (unpaired) electrons. The molecule has 0 spiro atoms. The molecule has 1 heterocycles. The predicted octanol–water partition coefficient (Wildman–Crippen LogP) is 2.49. The lowest BCUT2D eigenvalue weighted by Gasteiger charge is -2.20. The van der Waals surface area contributed by atoms with Gasteiger partial charge in [-0.05, 0) is 32.4 Å². The molecule has 0 aliphatic carbocycles. The first-order valence-electron chi connectivity index (χ1n) is 6.67. The van der Waals surface area contributed by atoms with Crippen LogP contribution in [0.25, 0.3) is 0 Å². The highest BCUT2D eigenvalue weighted by molar-refractivity contribution is 7.11. The van der Waals surface area contributed by atoms with Crippen molar-refractivity contribution in [2.45, 2.75) is 39.2 Å². The minimum Gasteiger partial charge on any atom is -0.481 e. The van der Waals surface area contributed by atoms with Crippen LogP contribution in [0.2, 0.25) is 0 Å². The molecule has 0 saturated heterocycles. The fourth-order valence-electron chi connectivity index (χ4n) is 1.84. The van der Waals surface area contributed by atoms with Gasteiger partial charge in [-0.3, -0.25) is 4.79 Å². The van der Waals surface area contributed by atoms with Gasteiger partial charge in [0.2, 0.25) is 0 Å². The number of rotatable bonds is 7. The molecule has 1 aromatic rings. The zero-order valence-electron chi connectivity index (χ0n) is 12.2. The molecule has 0 aliphatic heterocycles. The summed E-state index contributed by atoms with van der Waals surface area (Å²) in [6.07, 6.45) is 1.37. The molecule has 1 aromatic heterocycles. The summed E-state index contributed by atoms with van der Waals surface area (Å²) in [5.74, 6) is -0.833. The lowest BCUT2D eigenvalue weighted by atomic mass is 10.2. The predicted molar refractivity (Wildman–Crippen MR) is 80.3 cm³/mol. The number of thiophene rings is 1. The van der Waals surface area contributed by atoms with Gasteiger partial charge in [0.05, 0.1) is 0 Å². The fraction of sp³-hybridized carbons (Fsp3) is 0.571. The van der Waals surface area contributed by atoms with E-state index in [9.17, 15) is 9.59 Å².